The van der Waals surface area contributed by atoms with E-state index in [0.29, 0.717) is 0 Å². The Bertz CT molecular complexity index is 420. The first-order valence-electron chi connectivity index (χ1n) is 8.54. The van der Waals surface area contributed by atoms with Crippen LogP contribution in [0.15, 0.2) is 0 Å². The monoisotopic (exact) mass is 252 g/mol. The third kappa shape index (κ3) is 1.36. The fourth-order valence-corrected chi connectivity index (χ4v) is 4.98. The van der Waals surface area contributed by atoms with E-state index >= 15 is 0 Å². The Morgan fingerprint density at radius 2 is 0.684 bits per heavy atom. The molecule has 0 aromatic heterocycles. The Morgan fingerprint density at radius 1 is 0.421 bits per heavy atom. The maximum Gasteiger partial charge on any atom is -0.0232 e. The summed E-state index contributed by atoms with van der Waals surface area (Å²) >= 11 is 0. The zero-order valence-corrected chi connectivity index (χ0v) is 12.0. The van der Waals surface area contributed by atoms with E-state index in [0.717, 1.165) is 5.41 Å². The number of rotatable bonds is 0. The van der Waals surface area contributed by atoms with Crippen molar-refractivity contribution in [3.8, 4) is 0 Å². The van der Waals surface area contributed by atoms with Gasteiger partial charge >= 0.3 is 0 Å². The number of hydrogen-bond donors (Lipinski definition) is 0. The predicted octanol–water partition coefficient (Wildman–Crippen LogP) is 4.32. The Morgan fingerprint density at radius 3 is 0.737 bits per heavy atom. The van der Waals surface area contributed by atoms with Crippen molar-refractivity contribution >= 4 is 0 Å². The molecule has 0 N–H and O–H groups in total. The summed E-state index contributed by atoms with van der Waals surface area (Å²) in [6.07, 6.45) is 17.7. The SMILES string of the molecule is C1CC2(C1)CCC2.C1Cc2c1c1c(c3c2CC3)CC1. The summed E-state index contributed by atoms with van der Waals surface area (Å²) in [4.78, 5) is 0. The molecule has 19 heavy (non-hydrogen) atoms. The van der Waals surface area contributed by atoms with Crippen LogP contribution in [0, 0.1) is 5.41 Å². The van der Waals surface area contributed by atoms with Gasteiger partial charge in [-0.3, -0.25) is 0 Å². The molecule has 2 saturated carbocycles. The van der Waals surface area contributed by atoms with E-state index in [-0.39, 0.29) is 0 Å². The number of hydrogen-bond acceptors (Lipinski definition) is 0. The molecule has 5 aliphatic rings. The van der Waals surface area contributed by atoms with Crippen molar-refractivity contribution in [1.29, 1.82) is 0 Å². The number of fused-ring (bicyclic) bond motifs is 6. The molecular formula is C19H24. The Labute approximate surface area is 116 Å². The lowest BCUT2D eigenvalue weighted by atomic mass is 9.56. The molecule has 1 spiro atoms. The average Bonchev–Trinajstić information content (AvgIpc) is 2.20. The molecule has 6 rings (SSSR count). The molecule has 0 heteroatoms. The molecular weight excluding hydrogens is 228 g/mol. The van der Waals surface area contributed by atoms with Crippen LogP contribution in [0.3, 0.4) is 0 Å². The Hall–Kier alpha value is -0.780. The van der Waals surface area contributed by atoms with Crippen LogP contribution in [0.5, 0.6) is 0 Å². The van der Waals surface area contributed by atoms with Crippen LogP contribution in [0.2, 0.25) is 0 Å². The van der Waals surface area contributed by atoms with Gasteiger partial charge in [-0.05, 0) is 103 Å². The van der Waals surface area contributed by atoms with Gasteiger partial charge < -0.3 is 0 Å². The minimum absolute atomic E-state index is 0.944. The van der Waals surface area contributed by atoms with Crippen molar-refractivity contribution < 1.29 is 0 Å². The molecule has 1 aromatic carbocycles. The molecule has 0 aliphatic heterocycles. The van der Waals surface area contributed by atoms with Gasteiger partial charge in [-0.1, -0.05) is 12.8 Å². The highest BCUT2D eigenvalue weighted by Gasteiger charge is 2.41. The summed E-state index contributed by atoms with van der Waals surface area (Å²) in [5.41, 5.74) is 11.6. The van der Waals surface area contributed by atoms with Crippen LogP contribution < -0.4 is 0 Å². The van der Waals surface area contributed by atoms with Crippen LogP contribution in [0.1, 0.15) is 71.9 Å². The van der Waals surface area contributed by atoms with E-state index in [1.807, 2.05) is 0 Å². The first kappa shape index (κ1) is 10.9. The summed E-state index contributed by atoms with van der Waals surface area (Å²) in [5, 5.41) is 0. The summed E-state index contributed by atoms with van der Waals surface area (Å²) in [7, 11) is 0. The van der Waals surface area contributed by atoms with Crippen molar-refractivity contribution in [3.63, 3.8) is 0 Å². The fourth-order valence-electron chi connectivity index (χ4n) is 4.98. The van der Waals surface area contributed by atoms with Crippen molar-refractivity contribution in [2.24, 2.45) is 5.41 Å². The highest BCUT2D eigenvalue weighted by atomic mass is 14.5. The summed E-state index contributed by atoms with van der Waals surface area (Å²) in [6, 6.07) is 0. The van der Waals surface area contributed by atoms with Gasteiger partial charge in [-0.15, -0.1) is 0 Å². The lowest BCUT2D eigenvalue weighted by Crippen LogP contribution is -2.35. The second-order valence-electron chi connectivity index (χ2n) is 7.58. The van der Waals surface area contributed by atoms with E-state index in [4.69, 9.17) is 0 Å². The third-order valence-electron chi connectivity index (χ3n) is 6.89. The topological polar surface area (TPSA) is 0 Å². The molecule has 2 fully saturated rings. The minimum atomic E-state index is 0.944. The number of benzene rings is 1. The summed E-state index contributed by atoms with van der Waals surface area (Å²) in [5.74, 6) is 0. The lowest BCUT2D eigenvalue weighted by molar-refractivity contribution is 0.0314. The molecule has 0 bridgehead atoms. The normalized spacial score (nSPS) is 25.9. The van der Waals surface area contributed by atoms with Crippen LogP contribution >= 0.6 is 0 Å². The molecule has 0 atom stereocenters. The minimum Gasteiger partial charge on any atom is -0.0522 e. The molecule has 0 heterocycles. The van der Waals surface area contributed by atoms with Gasteiger partial charge in [0.15, 0.2) is 0 Å². The predicted molar refractivity (Wildman–Crippen MR) is 78.8 cm³/mol. The van der Waals surface area contributed by atoms with E-state index in [1.165, 1.54) is 51.4 Å². The molecule has 0 amide bonds. The molecule has 0 nitrogen and oxygen atoms in total. The third-order valence-corrected chi connectivity index (χ3v) is 6.89. The lowest BCUT2D eigenvalue weighted by Gasteiger charge is -2.49. The zero-order chi connectivity index (χ0) is 12.4. The van der Waals surface area contributed by atoms with E-state index in [9.17, 15) is 0 Å². The first-order chi connectivity index (χ1) is 9.36. The Kier molecular flexibility index (Phi) is 2.10. The molecule has 100 valence electrons. The van der Waals surface area contributed by atoms with Crippen molar-refractivity contribution in [2.45, 2.75) is 77.0 Å². The van der Waals surface area contributed by atoms with Gasteiger partial charge in [0.1, 0.15) is 0 Å². The van der Waals surface area contributed by atoms with Crippen LogP contribution in [0.25, 0.3) is 0 Å². The van der Waals surface area contributed by atoms with Gasteiger partial charge in [0.05, 0.1) is 0 Å². The molecule has 5 aliphatic carbocycles. The zero-order valence-electron chi connectivity index (χ0n) is 12.0. The van der Waals surface area contributed by atoms with Crippen LogP contribution in [0.4, 0.5) is 0 Å². The van der Waals surface area contributed by atoms with Crippen LogP contribution in [-0.4, -0.2) is 0 Å². The summed E-state index contributed by atoms with van der Waals surface area (Å²) < 4.78 is 0. The fraction of sp³-hybridized carbons (Fsp3) is 0.684. The average molecular weight is 252 g/mol. The summed E-state index contributed by atoms with van der Waals surface area (Å²) in [6.45, 7) is 0. The smallest absolute Gasteiger partial charge is 0.0232 e. The maximum absolute atomic E-state index is 1.77. The first-order valence-corrected chi connectivity index (χ1v) is 8.54. The standard InChI is InChI=1S/C12H12.C7H12/c1-2-8-7(1)9-3-4-11(9)12-6-5-10(8)12;1-3-7(4-1)5-2-6-7/h1-6H2;1-6H2. The van der Waals surface area contributed by atoms with Gasteiger partial charge in [0, 0.05) is 0 Å². The van der Waals surface area contributed by atoms with Crippen molar-refractivity contribution in [3.05, 3.63) is 33.4 Å². The molecule has 0 saturated heterocycles. The van der Waals surface area contributed by atoms with E-state index in [1.54, 1.807) is 59.1 Å². The maximum atomic E-state index is 1.77. The van der Waals surface area contributed by atoms with Gasteiger partial charge in [0.25, 0.3) is 0 Å². The molecule has 0 unspecified atom stereocenters. The van der Waals surface area contributed by atoms with Gasteiger partial charge in [-0.25, -0.2) is 0 Å². The quantitative estimate of drug-likeness (QED) is 0.645. The van der Waals surface area contributed by atoms with Gasteiger partial charge in [0.2, 0.25) is 0 Å². The van der Waals surface area contributed by atoms with Gasteiger partial charge in [-0.2, -0.15) is 0 Å². The second kappa shape index (κ2) is 3.65. The van der Waals surface area contributed by atoms with Crippen molar-refractivity contribution in [2.75, 3.05) is 0 Å². The largest absolute Gasteiger partial charge is 0.0522 e. The van der Waals surface area contributed by atoms with Crippen LogP contribution in [-0.2, 0) is 38.5 Å². The van der Waals surface area contributed by atoms with E-state index in [2.05, 4.69) is 0 Å². The molecule has 1 aromatic rings. The highest BCUT2D eigenvalue weighted by Crippen LogP contribution is 2.55. The van der Waals surface area contributed by atoms with E-state index < -0.39 is 0 Å². The Balaban J connectivity index is 0.000000108. The van der Waals surface area contributed by atoms with Crippen molar-refractivity contribution in [1.82, 2.24) is 0 Å². The second-order valence-corrected chi connectivity index (χ2v) is 7.58. The molecule has 0 radical (unpaired) electrons. The highest BCUT2D eigenvalue weighted by molar-refractivity contribution is 5.62.